The molecule has 1 unspecified atom stereocenters. The third-order valence-electron chi connectivity index (χ3n) is 4.32. The number of nitrogens with one attached hydrogen (secondary N) is 1. The van der Waals surface area contributed by atoms with Crippen molar-refractivity contribution in [2.45, 2.75) is 18.9 Å². The van der Waals surface area contributed by atoms with E-state index in [1.54, 1.807) is 24.3 Å². The van der Waals surface area contributed by atoms with Gasteiger partial charge in [-0.25, -0.2) is 10.2 Å². The minimum absolute atomic E-state index is 0.0254. The summed E-state index contributed by atoms with van der Waals surface area (Å²) in [5.41, 5.74) is 4.89. The number of hydrogen-bond acceptors (Lipinski definition) is 4. The van der Waals surface area contributed by atoms with E-state index in [1.807, 2.05) is 66.7 Å². The Morgan fingerprint density at radius 2 is 1.33 bits per heavy atom. The van der Waals surface area contributed by atoms with E-state index in [-0.39, 0.29) is 18.7 Å². The van der Waals surface area contributed by atoms with Crippen molar-refractivity contribution >= 4 is 17.6 Å². The van der Waals surface area contributed by atoms with Crippen molar-refractivity contribution in [2.75, 3.05) is 0 Å². The normalized spacial score (nSPS) is 11.2. The number of para-hydroxylation sites is 1. The Kier molecular flexibility index (Phi) is 7.33. The molecule has 3 aromatic carbocycles. The number of nitrogens with zero attached hydrogens (tertiary/aromatic N) is 1. The first kappa shape index (κ1) is 20.8. The molecule has 0 aliphatic rings. The van der Waals surface area contributed by atoms with Crippen LogP contribution in [-0.4, -0.2) is 28.8 Å². The lowest BCUT2D eigenvalue weighted by molar-refractivity contribution is -0.145. The second-order valence-corrected chi connectivity index (χ2v) is 6.52. The topological polar surface area (TPSA) is 88.0 Å². The molecule has 1 atom stereocenters. The minimum Gasteiger partial charge on any atom is -0.479 e. The maximum Gasteiger partial charge on any atom is 0.344 e. The molecule has 152 valence electrons. The summed E-state index contributed by atoms with van der Waals surface area (Å²) in [6.07, 6.45) is -1.13. The average Bonchev–Trinajstić information content (AvgIpc) is 2.78. The number of amides is 1. The first-order chi connectivity index (χ1) is 14.6. The monoisotopic (exact) mass is 402 g/mol. The number of aliphatic carboxylic acids is 1. The van der Waals surface area contributed by atoms with Gasteiger partial charge in [-0.05, 0) is 12.1 Å². The molecule has 0 fully saturated rings. The lowest BCUT2D eigenvalue weighted by atomic mass is 10.0. The minimum atomic E-state index is -1.12. The second kappa shape index (κ2) is 10.6. The molecule has 0 radical (unpaired) electrons. The van der Waals surface area contributed by atoms with Crippen LogP contribution in [0, 0.1) is 0 Å². The van der Waals surface area contributed by atoms with Crippen LogP contribution in [0.25, 0.3) is 0 Å². The predicted molar refractivity (Wildman–Crippen MR) is 114 cm³/mol. The van der Waals surface area contributed by atoms with Gasteiger partial charge in [-0.2, -0.15) is 5.10 Å². The van der Waals surface area contributed by atoms with E-state index in [1.165, 1.54) is 0 Å². The number of hydrazone groups is 1. The van der Waals surface area contributed by atoms with E-state index >= 15 is 0 Å². The highest BCUT2D eigenvalue weighted by Crippen LogP contribution is 2.14. The van der Waals surface area contributed by atoms with Crippen molar-refractivity contribution in [3.8, 4) is 5.75 Å². The van der Waals surface area contributed by atoms with Gasteiger partial charge in [0.1, 0.15) is 5.75 Å². The molecule has 6 nitrogen and oxygen atoms in total. The maximum atomic E-state index is 12.3. The number of carbonyl (C=O) groups is 2. The van der Waals surface area contributed by atoms with E-state index in [0.717, 1.165) is 11.1 Å². The molecule has 2 N–H and O–H groups in total. The second-order valence-electron chi connectivity index (χ2n) is 6.52. The summed E-state index contributed by atoms with van der Waals surface area (Å²) in [5, 5.41) is 13.7. The SMILES string of the molecule is O=C(CCC(Oc1ccccc1)C(=O)O)NN=C(c1ccccc1)c1ccccc1. The third-order valence-corrected chi connectivity index (χ3v) is 4.32. The summed E-state index contributed by atoms with van der Waals surface area (Å²) in [5.74, 6) is -1.06. The molecule has 0 aliphatic carbocycles. The van der Waals surface area contributed by atoms with Crippen molar-refractivity contribution in [3.63, 3.8) is 0 Å². The molecule has 0 saturated heterocycles. The molecule has 0 aromatic heterocycles. The van der Waals surface area contributed by atoms with Gasteiger partial charge in [-0.15, -0.1) is 0 Å². The first-order valence-electron chi connectivity index (χ1n) is 9.55. The van der Waals surface area contributed by atoms with Gasteiger partial charge in [0, 0.05) is 24.0 Å². The summed E-state index contributed by atoms with van der Waals surface area (Å²) < 4.78 is 5.48. The lowest BCUT2D eigenvalue weighted by Crippen LogP contribution is -2.29. The Hall–Kier alpha value is -3.93. The van der Waals surface area contributed by atoms with Crippen LogP contribution in [-0.2, 0) is 9.59 Å². The Bertz CT molecular complexity index is 948. The third kappa shape index (κ3) is 6.04. The molecular formula is C24H22N2O4. The van der Waals surface area contributed by atoms with Crippen LogP contribution >= 0.6 is 0 Å². The fourth-order valence-corrected chi connectivity index (χ4v) is 2.82. The molecule has 6 heteroatoms. The Morgan fingerprint density at radius 3 is 1.83 bits per heavy atom. The molecule has 0 spiro atoms. The Morgan fingerprint density at radius 1 is 0.833 bits per heavy atom. The zero-order valence-corrected chi connectivity index (χ0v) is 16.3. The number of carbonyl (C=O) groups excluding carboxylic acids is 1. The summed E-state index contributed by atoms with van der Waals surface area (Å²) >= 11 is 0. The number of ether oxygens (including phenoxy) is 1. The standard InChI is InChI=1S/C24H22N2O4/c27-22(17-16-21(24(28)29)30-20-14-8-3-9-15-20)25-26-23(18-10-4-1-5-11-18)19-12-6-2-7-13-19/h1-15,21H,16-17H2,(H,25,27)(H,28,29). The van der Waals surface area contributed by atoms with Crippen molar-refractivity contribution < 1.29 is 19.4 Å². The smallest absolute Gasteiger partial charge is 0.344 e. The molecule has 3 rings (SSSR count). The van der Waals surface area contributed by atoms with E-state index in [4.69, 9.17) is 4.74 Å². The van der Waals surface area contributed by atoms with Gasteiger partial charge in [0.25, 0.3) is 0 Å². The quantitative estimate of drug-likeness (QED) is 0.420. The fraction of sp³-hybridized carbons (Fsp3) is 0.125. The number of hydrogen-bond donors (Lipinski definition) is 2. The van der Waals surface area contributed by atoms with Gasteiger partial charge in [0.2, 0.25) is 5.91 Å². The highest BCUT2D eigenvalue weighted by Gasteiger charge is 2.20. The van der Waals surface area contributed by atoms with E-state index < -0.39 is 12.1 Å². The number of carboxylic acids is 1. The zero-order chi connectivity index (χ0) is 21.2. The van der Waals surface area contributed by atoms with Gasteiger partial charge in [0.05, 0.1) is 5.71 Å². The van der Waals surface area contributed by atoms with Crippen molar-refractivity contribution in [1.82, 2.24) is 5.43 Å². The molecule has 3 aromatic rings. The Balaban J connectivity index is 1.65. The summed E-state index contributed by atoms with van der Waals surface area (Å²) in [6, 6.07) is 27.7. The van der Waals surface area contributed by atoms with Crippen LogP contribution in [0.1, 0.15) is 24.0 Å². The Labute approximate surface area is 174 Å². The number of carboxylic acid groups (broad SMARTS) is 1. The molecule has 0 heterocycles. The van der Waals surface area contributed by atoms with Crippen molar-refractivity contribution in [3.05, 3.63) is 102 Å². The van der Waals surface area contributed by atoms with Gasteiger partial charge >= 0.3 is 5.97 Å². The average molecular weight is 402 g/mol. The predicted octanol–water partition coefficient (Wildman–Crippen LogP) is 3.87. The van der Waals surface area contributed by atoms with Gasteiger partial charge in [0.15, 0.2) is 6.10 Å². The van der Waals surface area contributed by atoms with Gasteiger partial charge in [-0.3, -0.25) is 4.79 Å². The maximum absolute atomic E-state index is 12.3. The van der Waals surface area contributed by atoms with E-state index in [9.17, 15) is 14.7 Å². The molecular weight excluding hydrogens is 380 g/mol. The fourth-order valence-electron chi connectivity index (χ4n) is 2.82. The first-order valence-corrected chi connectivity index (χ1v) is 9.55. The van der Waals surface area contributed by atoms with Gasteiger partial charge < -0.3 is 9.84 Å². The molecule has 0 aliphatic heterocycles. The van der Waals surface area contributed by atoms with Crippen LogP contribution in [0.5, 0.6) is 5.75 Å². The van der Waals surface area contributed by atoms with Crippen molar-refractivity contribution in [1.29, 1.82) is 0 Å². The van der Waals surface area contributed by atoms with Crippen LogP contribution < -0.4 is 10.2 Å². The molecule has 0 saturated carbocycles. The highest BCUT2D eigenvalue weighted by molar-refractivity contribution is 6.13. The summed E-state index contributed by atoms with van der Waals surface area (Å²) in [6.45, 7) is 0. The van der Waals surface area contributed by atoms with E-state index in [2.05, 4.69) is 10.5 Å². The molecule has 1 amide bonds. The largest absolute Gasteiger partial charge is 0.479 e. The number of rotatable bonds is 9. The van der Waals surface area contributed by atoms with Crippen LogP contribution in [0.3, 0.4) is 0 Å². The van der Waals surface area contributed by atoms with Crippen LogP contribution in [0.4, 0.5) is 0 Å². The van der Waals surface area contributed by atoms with Crippen molar-refractivity contribution in [2.24, 2.45) is 5.10 Å². The van der Waals surface area contributed by atoms with Crippen LogP contribution in [0.2, 0.25) is 0 Å². The molecule has 0 bridgehead atoms. The summed E-state index contributed by atoms with van der Waals surface area (Å²) in [4.78, 5) is 23.8. The summed E-state index contributed by atoms with van der Waals surface area (Å²) in [7, 11) is 0. The molecule has 30 heavy (non-hydrogen) atoms. The zero-order valence-electron chi connectivity index (χ0n) is 16.3. The van der Waals surface area contributed by atoms with Gasteiger partial charge in [-0.1, -0.05) is 78.9 Å². The lowest BCUT2D eigenvalue weighted by Gasteiger charge is -2.14. The highest BCUT2D eigenvalue weighted by atomic mass is 16.5. The van der Waals surface area contributed by atoms with E-state index in [0.29, 0.717) is 11.5 Å². The number of benzene rings is 3. The van der Waals surface area contributed by atoms with Crippen LogP contribution in [0.15, 0.2) is 96.1 Å².